The van der Waals surface area contributed by atoms with E-state index in [0.717, 1.165) is 31.0 Å². The first-order valence-corrected chi connectivity index (χ1v) is 9.57. The molecule has 3 rings (SSSR count). The summed E-state index contributed by atoms with van der Waals surface area (Å²) in [4.78, 5) is 26.3. The molecule has 0 saturated carbocycles. The minimum atomic E-state index is -0.552. The molecular weight excluding hydrogens is 331 g/mol. The predicted molar refractivity (Wildman–Crippen MR) is 82.7 cm³/mol. The van der Waals surface area contributed by atoms with Crippen LogP contribution >= 0.6 is 0 Å². The fourth-order valence-corrected chi connectivity index (χ4v) is 5.70. The summed E-state index contributed by atoms with van der Waals surface area (Å²) in [6.45, 7) is 2.07. The van der Waals surface area contributed by atoms with Crippen molar-refractivity contribution in [3.63, 3.8) is 0 Å². The van der Waals surface area contributed by atoms with Gasteiger partial charge in [-0.1, -0.05) is 0 Å². The molecule has 2 aliphatic heterocycles. The van der Waals surface area contributed by atoms with Crippen molar-refractivity contribution in [1.29, 1.82) is 0 Å². The first kappa shape index (κ1) is 14.6. The number of nitrogens with zero attached hydrogens (tertiary/aromatic N) is 1. The summed E-state index contributed by atoms with van der Waals surface area (Å²) in [5.41, 5.74) is -0.552. The number of urea groups is 1. The Morgan fingerprint density at radius 3 is 2.81 bits per heavy atom. The van der Waals surface area contributed by atoms with Gasteiger partial charge in [-0.05, 0) is 0 Å². The van der Waals surface area contributed by atoms with Gasteiger partial charge < -0.3 is 0 Å². The molecule has 1 aromatic rings. The van der Waals surface area contributed by atoms with Gasteiger partial charge >= 0.3 is 131 Å². The molecule has 5 heteroatoms. The van der Waals surface area contributed by atoms with E-state index in [0.29, 0.717) is 15.0 Å². The van der Waals surface area contributed by atoms with Gasteiger partial charge in [0, 0.05) is 0 Å². The van der Waals surface area contributed by atoms with Gasteiger partial charge in [0.2, 0.25) is 0 Å². The van der Waals surface area contributed by atoms with E-state index >= 15 is 0 Å². The maximum atomic E-state index is 12.2. The minimum absolute atomic E-state index is 0.0796. The number of imide groups is 1. The summed E-state index contributed by atoms with van der Waals surface area (Å²) in [7, 11) is 0. The molecule has 0 aromatic heterocycles. The molecule has 1 N–H and O–H groups in total. The average molecular weight is 351 g/mol. The zero-order valence-electron chi connectivity index (χ0n) is 12.2. The third kappa shape index (κ3) is 2.49. The van der Waals surface area contributed by atoms with Crippen molar-refractivity contribution in [2.45, 2.75) is 49.5 Å². The molecule has 0 spiro atoms. The molecule has 2 aliphatic rings. The van der Waals surface area contributed by atoms with Gasteiger partial charge in [-0.15, -0.1) is 0 Å². The van der Waals surface area contributed by atoms with Crippen LogP contribution < -0.4 is 9.78 Å². The molecule has 1 aromatic carbocycles. The van der Waals surface area contributed by atoms with E-state index < -0.39 is 5.54 Å². The number of amides is 3. The number of benzene rings is 1. The second kappa shape index (κ2) is 5.82. The predicted octanol–water partition coefficient (Wildman–Crippen LogP) is 1.69. The van der Waals surface area contributed by atoms with Crippen LogP contribution in [0.1, 0.15) is 32.6 Å². The summed E-state index contributed by atoms with van der Waals surface area (Å²) in [6.07, 6.45) is 3.47. The fourth-order valence-electron chi connectivity index (χ4n) is 3.50. The van der Waals surface area contributed by atoms with E-state index in [1.807, 2.05) is 11.0 Å². The monoisotopic (exact) mass is 352 g/mol. The van der Waals surface area contributed by atoms with Gasteiger partial charge in [-0.25, -0.2) is 0 Å². The van der Waals surface area contributed by atoms with Crippen molar-refractivity contribution in [1.82, 2.24) is 10.2 Å². The Morgan fingerprint density at radius 1 is 1.33 bits per heavy atom. The third-order valence-electron chi connectivity index (χ3n) is 4.43. The van der Waals surface area contributed by atoms with Gasteiger partial charge in [0.25, 0.3) is 0 Å². The van der Waals surface area contributed by atoms with E-state index in [1.165, 1.54) is 4.46 Å². The van der Waals surface area contributed by atoms with E-state index in [4.69, 9.17) is 0 Å². The van der Waals surface area contributed by atoms with Crippen LogP contribution in [0.25, 0.3) is 0 Å². The molecule has 4 nitrogen and oxygen atoms in total. The summed E-state index contributed by atoms with van der Waals surface area (Å²) < 4.78 is 1.35. The maximum absolute atomic E-state index is 12.2. The van der Waals surface area contributed by atoms with Crippen LogP contribution in [0.2, 0.25) is 5.32 Å². The van der Waals surface area contributed by atoms with Gasteiger partial charge in [-0.3, -0.25) is 0 Å². The quantitative estimate of drug-likeness (QED) is 0.648. The van der Waals surface area contributed by atoms with Crippen molar-refractivity contribution in [3.8, 4) is 0 Å². The van der Waals surface area contributed by atoms with Crippen molar-refractivity contribution in [2.75, 3.05) is 0 Å². The number of hydrogen-bond donors (Lipinski definition) is 1. The van der Waals surface area contributed by atoms with Crippen LogP contribution in [0.3, 0.4) is 0 Å². The van der Waals surface area contributed by atoms with Crippen LogP contribution in [0.4, 0.5) is 4.79 Å². The normalized spacial score (nSPS) is 27.9. The van der Waals surface area contributed by atoms with Crippen molar-refractivity contribution in [3.05, 3.63) is 30.3 Å². The molecule has 0 unspecified atom stereocenters. The Morgan fingerprint density at radius 2 is 2.10 bits per heavy atom. The van der Waals surface area contributed by atoms with Gasteiger partial charge in [0.05, 0.1) is 0 Å². The molecule has 2 heterocycles. The number of nitrogens with one attached hydrogen (secondary N) is 1. The molecule has 0 bridgehead atoms. The van der Waals surface area contributed by atoms with Crippen molar-refractivity contribution >= 4 is 31.4 Å². The second-order valence-electron chi connectivity index (χ2n) is 5.73. The van der Waals surface area contributed by atoms with Gasteiger partial charge in [0.1, 0.15) is 0 Å². The first-order valence-electron chi connectivity index (χ1n) is 7.50. The number of rotatable bonds is 5. The van der Waals surface area contributed by atoms with Crippen LogP contribution in [0.15, 0.2) is 30.3 Å². The van der Waals surface area contributed by atoms with Crippen LogP contribution in [-0.2, 0) is 4.79 Å². The molecule has 2 saturated heterocycles. The Balaban J connectivity index is 1.73. The summed E-state index contributed by atoms with van der Waals surface area (Å²) in [6, 6.07) is 10.4. The van der Waals surface area contributed by atoms with Gasteiger partial charge in [0.15, 0.2) is 0 Å². The van der Waals surface area contributed by atoms with E-state index in [9.17, 15) is 9.59 Å². The van der Waals surface area contributed by atoms with E-state index in [1.54, 1.807) is 0 Å². The Hall–Kier alpha value is -1.32. The molecule has 0 aliphatic carbocycles. The van der Waals surface area contributed by atoms with E-state index in [-0.39, 0.29) is 18.0 Å². The van der Waals surface area contributed by atoms with Crippen molar-refractivity contribution < 1.29 is 9.59 Å². The molecule has 21 heavy (non-hydrogen) atoms. The topological polar surface area (TPSA) is 49.4 Å². The second-order valence-corrected chi connectivity index (χ2v) is 8.02. The van der Waals surface area contributed by atoms with Crippen molar-refractivity contribution in [2.24, 2.45) is 0 Å². The molecule has 3 amide bonds. The SMILES string of the molecule is CCC[C@@]12CC[C@@H](C[Se]c3ccccc3)N1C(=O)NC2=O. The van der Waals surface area contributed by atoms with E-state index in [2.05, 4.69) is 36.5 Å². The summed E-state index contributed by atoms with van der Waals surface area (Å²) >= 11 is 0.347. The number of carbonyl (C=O) groups is 2. The van der Waals surface area contributed by atoms with Crippen LogP contribution in [0, 0.1) is 0 Å². The Kier molecular flexibility index (Phi) is 4.05. The Labute approximate surface area is 131 Å². The number of carbonyl (C=O) groups excluding carboxylic acids is 2. The number of hydrogen-bond acceptors (Lipinski definition) is 2. The summed E-state index contributed by atoms with van der Waals surface area (Å²) in [5.74, 6) is -0.0796. The third-order valence-corrected chi connectivity index (χ3v) is 6.86. The Bertz CT molecular complexity index is 548. The molecule has 2 atom stereocenters. The standard InChI is InChI=1S/C16H20N2O2Se/c1-2-9-16-10-8-12(18(16)15(20)17-14(16)19)11-21-13-6-4-3-5-7-13/h3-7,12H,2,8-11H2,1H3,(H,17,19,20)/t12-,16-/m0/s1. The van der Waals surface area contributed by atoms with Crippen LogP contribution in [-0.4, -0.2) is 43.4 Å². The molecule has 2 fully saturated rings. The molecule has 112 valence electrons. The zero-order chi connectivity index (χ0) is 14.9. The number of fused-ring (bicyclic) bond motifs is 1. The van der Waals surface area contributed by atoms with Crippen LogP contribution in [0.5, 0.6) is 0 Å². The first-order chi connectivity index (χ1) is 10.2. The fraction of sp³-hybridized carbons (Fsp3) is 0.500. The average Bonchev–Trinajstić information content (AvgIpc) is 2.96. The molecule has 0 radical (unpaired) electrons. The van der Waals surface area contributed by atoms with Gasteiger partial charge in [-0.2, -0.15) is 0 Å². The zero-order valence-corrected chi connectivity index (χ0v) is 13.9. The summed E-state index contributed by atoms with van der Waals surface area (Å²) in [5, 5.41) is 3.52. The molecular formula is C16H20N2O2Se.